The molecule has 0 fully saturated rings. The van der Waals surface area contributed by atoms with Crippen LogP contribution in [0.5, 0.6) is 11.5 Å². The largest absolute Gasteiger partial charge is 0.493 e. The number of carboxylic acids is 1. The Labute approximate surface area is 169 Å². The topological polar surface area (TPSA) is 68.9 Å². The molecule has 0 unspecified atom stereocenters. The predicted octanol–water partition coefficient (Wildman–Crippen LogP) is 5.30. The van der Waals surface area contributed by atoms with Crippen molar-refractivity contribution in [2.24, 2.45) is 0 Å². The van der Waals surface area contributed by atoms with E-state index in [1.54, 1.807) is 12.5 Å². The van der Waals surface area contributed by atoms with E-state index in [2.05, 4.69) is 0 Å². The molecule has 0 amide bonds. The third kappa shape index (κ3) is 4.80. The second kappa shape index (κ2) is 8.86. The monoisotopic (exact) mass is 392 g/mol. The summed E-state index contributed by atoms with van der Waals surface area (Å²) in [7, 11) is 0. The second-order valence-electron chi connectivity index (χ2n) is 7.28. The van der Waals surface area contributed by atoms with Crippen molar-refractivity contribution in [3.8, 4) is 22.6 Å². The zero-order valence-corrected chi connectivity index (χ0v) is 16.2. The molecule has 2 aromatic carbocycles. The number of hydrogen-bond acceptors (Lipinski definition) is 4. The Kier molecular flexibility index (Phi) is 5.84. The zero-order valence-electron chi connectivity index (χ0n) is 16.2. The number of furan rings is 1. The summed E-state index contributed by atoms with van der Waals surface area (Å²) in [5, 5.41) is 9.02. The Hall–Kier alpha value is -3.21. The molecule has 5 nitrogen and oxygen atoms in total. The highest BCUT2D eigenvalue weighted by molar-refractivity contribution is 5.68. The summed E-state index contributed by atoms with van der Waals surface area (Å²) in [6.45, 7) is 1.15. The Bertz CT molecular complexity index is 944. The molecule has 0 saturated carbocycles. The van der Waals surface area contributed by atoms with Crippen LogP contribution < -0.4 is 9.47 Å². The molecule has 29 heavy (non-hydrogen) atoms. The fourth-order valence-corrected chi connectivity index (χ4v) is 3.81. The lowest BCUT2D eigenvalue weighted by Gasteiger charge is -2.11. The van der Waals surface area contributed by atoms with Gasteiger partial charge in [0.05, 0.1) is 32.2 Å². The van der Waals surface area contributed by atoms with Crippen molar-refractivity contribution in [1.29, 1.82) is 0 Å². The Morgan fingerprint density at radius 3 is 2.48 bits per heavy atom. The molecule has 1 aromatic heterocycles. The van der Waals surface area contributed by atoms with Crippen molar-refractivity contribution in [1.82, 2.24) is 0 Å². The number of rotatable bonds is 9. The van der Waals surface area contributed by atoms with Gasteiger partial charge in [0.25, 0.3) is 0 Å². The summed E-state index contributed by atoms with van der Waals surface area (Å²) in [6, 6.07) is 15.9. The molecule has 0 saturated heterocycles. The van der Waals surface area contributed by atoms with E-state index in [9.17, 15) is 4.79 Å². The fraction of sp³-hybridized carbons (Fsp3) is 0.292. The van der Waals surface area contributed by atoms with Gasteiger partial charge in [0.1, 0.15) is 11.5 Å². The van der Waals surface area contributed by atoms with Crippen LogP contribution in [0.1, 0.15) is 36.3 Å². The summed E-state index contributed by atoms with van der Waals surface area (Å²) >= 11 is 0. The summed E-state index contributed by atoms with van der Waals surface area (Å²) in [5.41, 5.74) is 4.51. The number of carboxylic acid groups (broad SMARTS) is 1. The van der Waals surface area contributed by atoms with Gasteiger partial charge in [0, 0.05) is 12.0 Å². The quantitative estimate of drug-likeness (QED) is 0.501. The van der Waals surface area contributed by atoms with Crippen LogP contribution in [0.3, 0.4) is 0 Å². The summed E-state index contributed by atoms with van der Waals surface area (Å²) in [4.78, 5) is 11.0. The Balaban J connectivity index is 1.21. The molecule has 4 rings (SSSR count). The number of hydrogen-bond donors (Lipinski definition) is 1. The number of fused-ring (bicyclic) bond motifs is 1. The van der Waals surface area contributed by atoms with Gasteiger partial charge in [-0.3, -0.25) is 4.79 Å². The molecule has 1 heterocycles. The van der Waals surface area contributed by atoms with Gasteiger partial charge in [0.2, 0.25) is 0 Å². The van der Waals surface area contributed by atoms with Crippen molar-refractivity contribution in [3.05, 3.63) is 72.2 Å². The minimum absolute atomic E-state index is 0.129. The van der Waals surface area contributed by atoms with Crippen LogP contribution >= 0.6 is 0 Å². The lowest BCUT2D eigenvalue weighted by Crippen LogP contribution is -2.05. The summed E-state index contributed by atoms with van der Waals surface area (Å²) < 4.78 is 16.7. The van der Waals surface area contributed by atoms with Gasteiger partial charge in [-0.2, -0.15) is 0 Å². The van der Waals surface area contributed by atoms with Crippen molar-refractivity contribution in [2.75, 3.05) is 13.2 Å². The number of aliphatic carboxylic acids is 1. The summed E-state index contributed by atoms with van der Waals surface area (Å²) in [6.07, 6.45) is 6.18. The SMILES string of the molecule is O=C(O)C[C@@H]1CCc2cc(OCCCOc3ccc(-c4ccoc4)cc3)ccc21. The average molecular weight is 392 g/mol. The smallest absolute Gasteiger partial charge is 0.303 e. The number of carbonyl (C=O) groups is 1. The second-order valence-corrected chi connectivity index (χ2v) is 7.28. The molecule has 3 aromatic rings. The van der Waals surface area contributed by atoms with Crippen LogP contribution in [0.4, 0.5) is 0 Å². The van der Waals surface area contributed by atoms with E-state index in [0.717, 1.165) is 47.5 Å². The molecule has 1 aliphatic rings. The average Bonchev–Trinajstić information content (AvgIpc) is 3.38. The Morgan fingerprint density at radius 2 is 1.76 bits per heavy atom. The highest BCUT2D eigenvalue weighted by atomic mass is 16.5. The fourth-order valence-electron chi connectivity index (χ4n) is 3.81. The van der Waals surface area contributed by atoms with Crippen LogP contribution in [0.15, 0.2) is 65.5 Å². The lowest BCUT2D eigenvalue weighted by molar-refractivity contribution is -0.137. The molecule has 0 radical (unpaired) electrons. The minimum Gasteiger partial charge on any atom is -0.493 e. The van der Waals surface area contributed by atoms with Crippen molar-refractivity contribution < 1.29 is 23.8 Å². The molecule has 0 aliphatic heterocycles. The first-order chi connectivity index (χ1) is 14.2. The maximum absolute atomic E-state index is 11.0. The van der Waals surface area contributed by atoms with Gasteiger partial charge in [-0.15, -0.1) is 0 Å². The molecule has 0 spiro atoms. The lowest BCUT2D eigenvalue weighted by atomic mass is 9.98. The third-order valence-electron chi connectivity index (χ3n) is 5.27. The molecular weight excluding hydrogens is 368 g/mol. The van der Waals surface area contributed by atoms with Crippen LogP contribution in [-0.2, 0) is 11.2 Å². The first-order valence-electron chi connectivity index (χ1n) is 9.92. The first kappa shape index (κ1) is 19.1. The van der Waals surface area contributed by atoms with E-state index in [-0.39, 0.29) is 12.3 Å². The van der Waals surface area contributed by atoms with Crippen molar-refractivity contribution in [2.45, 2.75) is 31.6 Å². The molecular formula is C24H24O5. The molecule has 1 N–H and O–H groups in total. The maximum atomic E-state index is 11.0. The maximum Gasteiger partial charge on any atom is 0.303 e. The zero-order chi connectivity index (χ0) is 20.1. The molecule has 150 valence electrons. The van der Waals surface area contributed by atoms with E-state index in [1.165, 1.54) is 5.56 Å². The van der Waals surface area contributed by atoms with Crippen LogP contribution in [-0.4, -0.2) is 24.3 Å². The predicted molar refractivity (Wildman–Crippen MR) is 110 cm³/mol. The van der Waals surface area contributed by atoms with Gasteiger partial charge in [-0.25, -0.2) is 0 Å². The highest BCUT2D eigenvalue weighted by Crippen LogP contribution is 2.37. The van der Waals surface area contributed by atoms with Gasteiger partial charge < -0.3 is 19.0 Å². The van der Waals surface area contributed by atoms with Gasteiger partial charge in [0.15, 0.2) is 0 Å². The standard InChI is InChI=1S/C24H24O5/c25-24(26)15-19-3-2-18-14-22(8-9-23(18)19)29-12-1-11-28-21-6-4-17(5-7-21)20-10-13-27-16-20/h4-10,13-14,16,19H,1-3,11-12,15H2,(H,25,26)/t19-/m0/s1. The van der Waals surface area contributed by atoms with Crippen LogP contribution in [0, 0.1) is 0 Å². The van der Waals surface area contributed by atoms with E-state index < -0.39 is 5.97 Å². The van der Waals surface area contributed by atoms with Crippen LogP contribution in [0.2, 0.25) is 0 Å². The van der Waals surface area contributed by atoms with Gasteiger partial charge in [-0.05, 0) is 65.8 Å². The highest BCUT2D eigenvalue weighted by Gasteiger charge is 2.24. The normalized spacial score (nSPS) is 15.1. The number of aryl methyl sites for hydroxylation is 1. The van der Waals surface area contributed by atoms with Crippen molar-refractivity contribution >= 4 is 5.97 Å². The Morgan fingerprint density at radius 1 is 1.00 bits per heavy atom. The molecule has 1 atom stereocenters. The summed E-state index contributed by atoms with van der Waals surface area (Å²) in [5.74, 6) is 1.06. The molecule has 1 aliphatic carbocycles. The van der Waals surface area contributed by atoms with E-state index >= 15 is 0 Å². The van der Waals surface area contributed by atoms with Crippen molar-refractivity contribution in [3.63, 3.8) is 0 Å². The molecule has 5 heteroatoms. The van der Waals surface area contributed by atoms with Gasteiger partial charge in [-0.1, -0.05) is 18.2 Å². The van der Waals surface area contributed by atoms with E-state index in [4.69, 9.17) is 19.0 Å². The van der Waals surface area contributed by atoms with Crippen LogP contribution in [0.25, 0.3) is 11.1 Å². The number of benzene rings is 2. The molecule has 0 bridgehead atoms. The number of ether oxygens (including phenoxy) is 2. The van der Waals surface area contributed by atoms with Gasteiger partial charge >= 0.3 is 5.97 Å². The first-order valence-corrected chi connectivity index (χ1v) is 9.92. The van der Waals surface area contributed by atoms with E-state index in [1.807, 2.05) is 48.5 Å². The minimum atomic E-state index is -0.737. The van der Waals surface area contributed by atoms with E-state index in [0.29, 0.717) is 13.2 Å². The third-order valence-corrected chi connectivity index (χ3v) is 5.27.